The van der Waals surface area contributed by atoms with Crippen LogP contribution in [0.1, 0.15) is 31.4 Å². The molecule has 0 fully saturated rings. The van der Waals surface area contributed by atoms with Crippen LogP contribution in [0.2, 0.25) is 0 Å². The van der Waals surface area contributed by atoms with E-state index < -0.39 is 0 Å². The van der Waals surface area contributed by atoms with Gasteiger partial charge >= 0.3 is 0 Å². The molecule has 80 valence electrons. The highest BCUT2D eigenvalue weighted by Gasteiger charge is 1.98. The SMILES string of the molecule is CC=CCCC=CC(N)c1ccccc1. The molecule has 0 spiro atoms. The molecule has 1 nitrogen and oxygen atoms in total. The van der Waals surface area contributed by atoms with Gasteiger partial charge in [0.05, 0.1) is 0 Å². The zero-order valence-corrected chi connectivity index (χ0v) is 9.27. The van der Waals surface area contributed by atoms with E-state index >= 15 is 0 Å². The van der Waals surface area contributed by atoms with Crippen LogP contribution in [0, 0.1) is 0 Å². The molecule has 2 N–H and O–H groups in total. The maximum Gasteiger partial charge on any atom is 0.0481 e. The van der Waals surface area contributed by atoms with Gasteiger partial charge < -0.3 is 5.73 Å². The minimum absolute atomic E-state index is 0.0248. The maximum atomic E-state index is 6.00. The molecule has 0 bridgehead atoms. The minimum atomic E-state index is 0.0248. The Kier molecular flexibility index (Phi) is 5.49. The van der Waals surface area contributed by atoms with Gasteiger partial charge in [0.15, 0.2) is 0 Å². The lowest BCUT2D eigenvalue weighted by Gasteiger charge is -2.05. The number of hydrogen-bond donors (Lipinski definition) is 1. The number of allylic oxidation sites excluding steroid dienone is 3. The van der Waals surface area contributed by atoms with E-state index in [0.29, 0.717) is 0 Å². The van der Waals surface area contributed by atoms with E-state index in [4.69, 9.17) is 5.73 Å². The Morgan fingerprint density at radius 2 is 1.80 bits per heavy atom. The van der Waals surface area contributed by atoms with E-state index in [1.54, 1.807) is 0 Å². The Balaban J connectivity index is 2.38. The summed E-state index contributed by atoms with van der Waals surface area (Å²) >= 11 is 0. The molecule has 1 atom stereocenters. The van der Waals surface area contributed by atoms with Crippen LogP contribution >= 0.6 is 0 Å². The zero-order chi connectivity index (χ0) is 10.9. The van der Waals surface area contributed by atoms with E-state index in [9.17, 15) is 0 Å². The predicted molar refractivity (Wildman–Crippen MR) is 66.6 cm³/mol. The summed E-state index contributed by atoms with van der Waals surface area (Å²) in [5.41, 5.74) is 7.17. The van der Waals surface area contributed by atoms with E-state index in [2.05, 4.69) is 36.4 Å². The summed E-state index contributed by atoms with van der Waals surface area (Å²) in [6.07, 6.45) is 10.6. The zero-order valence-electron chi connectivity index (χ0n) is 9.27. The Bertz CT molecular complexity index is 311. The van der Waals surface area contributed by atoms with Crippen molar-refractivity contribution in [1.82, 2.24) is 0 Å². The van der Waals surface area contributed by atoms with Crippen LogP contribution in [-0.4, -0.2) is 0 Å². The molecule has 0 radical (unpaired) electrons. The van der Waals surface area contributed by atoms with Crippen molar-refractivity contribution < 1.29 is 0 Å². The van der Waals surface area contributed by atoms with Crippen LogP contribution in [0.4, 0.5) is 0 Å². The third kappa shape index (κ3) is 4.61. The van der Waals surface area contributed by atoms with Crippen molar-refractivity contribution in [2.45, 2.75) is 25.8 Å². The first-order chi connectivity index (χ1) is 7.34. The lowest BCUT2D eigenvalue weighted by atomic mass is 10.1. The van der Waals surface area contributed by atoms with Gasteiger partial charge in [-0.3, -0.25) is 0 Å². The van der Waals surface area contributed by atoms with Crippen molar-refractivity contribution in [3.05, 3.63) is 60.2 Å². The average Bonchev–Trinajstić information content (AvgIpc) is 2.30. The van der Waals surface area contributed by atoms with Gasteiger partial charge in [-0.1, -0.05) is 54.6 Å². The summed E-state index contributed by atoms with van der Waals surface area (Å²) in [6.45, 7) is 2.04. The second-order valence-electron chi connectivity index (χ2n) is 3.51. The van der Waals surface area contributed by atoms with Gasteiger partial charge in [-0.05, 0) is 25.3 Å². The Labute approximate surface area is 92.3 Å². The van der Waals surface area contributed by atoms with Crippen molar-refractivity contribution in [2.75, 3.05) is 0 Å². The van der Waals surface area contributed by atoms with Crippen molar-refractivity contribution >= 4 is 0 Å². The molecule has 0 heterocycles. The molecule has 1 unspecified atom stereocenters. The van der Waals surface area contributed by atoms with Crippen LogP contribution in [0.15, 0.2) is 54.6 Å². The molecule has 1 heteroatoms. The summed E-state index contributed by atoms with van der Waals surface area (Å²) in [5, 5.41) is 0. The largest absolute Gasteiger partial charge is 0.321 e. The second-order valence-corrected chi connectivity index (χ2v) is 3.51. The number of unbranched alkanes of at least 4 members (excludes halogenated alkanes) is 1. The lowest BCUT2D eigenvalue weighted by molar-refractivity contribution is 0.897. The lowest BCUT2D eigenvalue weighted by Crippen LogP contribution is -2.06. The smallest absolute Gasteiger partial charge is 0.0481 e. The molecule has 1 aromatic carbocycles. The first-order valence-corrected chi connectivity index (χ1v) is 5.43. The topological polar surface area (TPSA) is 26.0 Å². The van der Waals surface area contributed by atoms with Gasteiger partial charge in [-0.15, -0.1) is 0 Å². The molecule has 1 aromatic rings. The van der Waals surface area contributed by atoms with Crippen LogP contribution in [0.3, 0.4) is 0 Å². The van der Waals surface area contributed by atoms with E-state index in [-0.39, 0.29) is 6.04 Å². The van der Waals surface area contributed by atoms with Crippen LogP contribution < -0.4 is 5.73 Å². The van der Waals surface area contributed by atoms with Gasteiger partial charge in [0, 0.05) is 6.04 Å². The molecule has 0 aromatic heterocycles. The summed E-state index contributed by atoms with van der Waals surface area (Å²) in [5.74, 6) is 0. The standard InChI is InChI=1S/C14H19N/c1-2-3-4-5-9-12-14(15)13-10-7-6-8-11-13/h2-3,6-12,14H,4-5,15H2,1H3. The second kappa shape index (κ2) is 7.02. The summed E-state index contributed by atoms with van der Waals surface area (Å²) in [6, 6.07) is 10.2. The van der Waals surface area contributed by atoms with E-state index in [0.717, 1.165) is 12.8 Å². The number of benzene rings is 1. The van der Waals surface area contributed by atoms with Crippen LogP contribution in [0.5, 0.6) is 0 Å². The van der Waals surface area contributed by atoms with Crippen molar-refractivity contribution in [3.63, 3.8) is 0 Å². The Hall–Kier alpha value is -1.34. The highest BCUT2D eigenvalue weighted by molar-refractivity contribution is 5.22. The minimum Gasteiger partial charge on any atom is -0.321 e. The van der Waals surface area contributed by atoms with Gasteiger partial charge in [0.2, 0.25) is 0 Å². The molecule has 0 saturated carbocycles. The van der Waals surface area contributed by atoms with Crippen molar-refractivity contribution in [3.8, 4) is 0 Å². The third-order valence-corrected chi connectivity index (χ3v) is 2.26. The number of hydrogen-bond acceptors (Lipinski definition) is 1. The van der Waals surface area contributed by atoms with E-state index in [1.165, 1.54) is 5.56 Å². The van der Waals surface area contributed by atoms with Crippen molar-refractivity contribution in [1.29, 1.82) is 0 Å². The average molecular weight is 201 g/mol. The van der Waals surface area contributed by atoms with Gasteiger partial charge in [0.25, 0.3) is 0 Å². The van der Waals surface area contributed by atoms with E-state index in [1.807, 2.05) is 25.1 Å². The molecule has 0 saturated heterocycles. The Morgan fingerprint density at radius 3 is 2.47 bits per heavy atom. The molecule has 0 amide bonds. The normalized spacial score (nSPS) is 13.7. The molecule has 15 heavy (non-hydrogen) atoms. The summed E-state index contributed by atoms with van der Waals surface area (Å²) < 4.78 is 0. The van der Waals surface area contributed by atoms with Gasteiger partial charge in [0.1, 0.15) is 0 Å². The highest BCUT2D eigenvalue weighted by Crippen LogP contribution is 2.11. The number of rotatable bonds is 5. The molecule has 1 rings (SSSR count). The van der Waals surface area contributed by atoms with Gasteiger partial charge in [-0.2, -0.15) is 0 Å². The first-order valence-electron chi connectivity index (χ1n) is 5.43. The third-order valence-electron chi connectivity index (χ3n) is 2.26. The highest BCUT2D eigenvalue weighted by atomic mass is 14.6. The monoisotopic (exact) mass is 201 g/mol. The number of nitrogens with two attached hydrogens (primary N) is 1. The first kappa shape index (κ1) is 11.7. The van der Waals surface area contributed by atoms with Crippen molar-refractivity contribution in [2.24, 2.45) is 5.73 Å². The van der Waals surface area contributed by atoms with Crippen LogP contribution in [0.25, 0.3) is 0 Å². The summed E-state index contributed by atoms with van der Waals surface area (Å²) in [7, 11) is 0. The fourth-order valence-corrected chi connectivity index (χ4v) is 1.39. The van der Waals surface area contributed by atoms with Crippen LogP contribution in [-0.2, 0) is 0 Å². The maximum absolute atomic E-state index is 6.00. The van der Waals surface area contributed by atoms with Gasteiger partial charge in [-0.25, -0.2) is 0 Å². The fourth-order valence-electron chi connectivity index (χ4n) is 1.39. The Morgan fingerprint density at radius 1 is 1.13 bits per heavy atom. The molecule has 0 aliphatic carbocycles. The summed E-state index contributed by atoms with van der Waals surface area (Å²) in [4.78, 5) is 0. The fraction of sp³-hybridized carbons (Fsp3) is 0.286. The molecule has 0 aliphatic heterocycles. The quantitative estimate of drug-likeness (QED) is 0.571. The molecular formula is C14H19N. The predicted octanol–water partition coefficient (Wildman–Crippen LogP) is 3.60. The molecular weight excluding hydrogens is 182 g/mol. The molecule has 0 aliphatic rings.